The van der Waals surface area contributed by atoms with Crippen LogP contribution in [0.3, 0.4) is 0 Å². The summed E-state index contributed by atoms with van der Waals surface area (Å²) in [5.74, 6) is 0. The van der Waals surface area contributed by atoms with E-state index < -0.39 is 0 Å². The molecule has 236 valence electrons. The Morgan fingerprint density at radius 3 is 1.28 bits per heavy atom. The normalized spacial score (nSPS) is 11.2. The average molecular weight is 639 g/mol. The third-order valence-corrected chi connectivity index (χ3v) is 9.56. The first-order chi connectivity index (χ1) is 24.8. The van der Waals surface area contributed by atoms with Gasteiger partial charge in [-0.15, -0.1) is 0 Å². The molecule has 0 saturated heterocycles. The Balaban J connectivity index is 1.23. The van der Waals surface area contributed by atoms with Crippen LogP contribution in [0.25, 0.3) is 43.4 Å². The highest BCUT2D eigenvalue weighted by Crippen LogP contribution is 2.45. The number of benzene rings is 9. The Kier molecular flexibility index (Phi) is 7.53. The maximum Gasteiger partial charge on any atom is 0.0546 e. The summed E-state index contributed by atoms with van der Waals surface area (Å²) >= 11 is 0. The van der Waals surface area contributed by atoms with Gasteiger partial charge in [0.25, 0.3) is 0 Å². The van der Waals surface area contributed by atoms with E-state index in [1.54, 1.807) is 0 Å². The quantitative estimate of drug-likeness (QED) is 0.171. The van der Waals surface area contributed by atoms with Crippen molar-refractivity contribution < 1.29 is 0 Å². The third kappa shape index (κ3) is 5.34. The van der Waals surface area contributed by atoms with Crippen LogP contribution in [0.5, 0.6) is 0 Å². The molecule has 0 N–H and O–H groups in total. The van der Waals surface area contributed by atoms with Crippen LogP contribution in [-0.2, 0) is 0 Å². The standard InChI is InChI=1S/C48H34N2/c1-4-20-40(21-5-1)49(41-22-6-2-7-23-41)46-28-15-19-38-32-36(30-31-45(38)46)39-33-37-17-11-13-27-44(37)48(34-39)50(42-24-8-3-9-25-42)47-29-14-18-35-16-10-12-26-43(35)47/h1-34H. The first-order valence-electron chi connectivity index (χ1n) is 17.1. The number of hydrogen-bond acceptors (Lipinski definition) is 2. The number of para-hydroxylation sites is 3. The number of anilines is 6. The second kappa shape index (κ2) is 12.8. The third-order valence-electron chi connectivity index (χ3n) is 9.56. The Hall–Kier alpha value is -6.64. The molecule has 0 aliphatic heterocycles. The highest BCUT2D eigenvalue weighted by molar-refractivity contribution is 6.07. The molecule has 0 heterocycles. The molecule has 50 heavy (non-hydrogen) atoms. The molecule has 0 saturated carbocycles. The van der Waals surface area contributed by atoms with Crippen LogP contribution < -0.4 is 9.80 Å². The van der Waals surface area contributed by atoms with Crippen molar-refractivity contribution in [1.82, 2.24) is 0 Å². The van der Waals surface area contributed by atoms with Crippen molar-refractivity contribution in [3.8, 4) is 11.1 Å². The number of rotatable bonds is 7. The van der Waals surface area contributed by atoms with E-state index in [1.807, 2.05) is 0 Å². The molecule has 0 spiro atoms. The van der Waals surface area contributed by atoms with Crippen molar-refractivity contribution in [3.63, 3.8) is 0 Å². The molecule has 0 unspecified atom stereocenters. The number of nitrogens with zero attached hydrogens (tertiary/aromatic N) is 2. The van der Waals surface area contributed by atoms with Crippen molar-refractivity contribution in [2.75, 3.05) is 9.80 Å². The molecule has 2 nitrogen and oxygen atoms in total. The minimum absolute atomic E-state index is 1.12. The predicted molar refractivity (Wildman–Crippen MR) is 214 cm³/mol. The topological polar surface area (TPSA) is 6.48 Å². The molecular weight excluding hydrogens is 605 g/mol. The lowest BCUT2D eigenvalue weighted by atomic mass is 9.95. The smallest absolute Gasteiger partial charge is 0.0546 e. The van der Waals surface area contributed by atoms with Gasteiger partial charge in [0.1, 0.15) is 0 Å². The molecule has 0 atom stereocenters. The average Bonchev–Trinajstić information content (AvgIpc) is 3.19. The van der Waals surface area contributed by atoms with Crippen LogP contribution in [0.1, 0.15) is 0 Å². The molecule has 0 radical (unpaired) electrons. The van der Waals surface area contributed by atoms with Gasteiger partial charge < -0.3 is 9.80 Å². The molecule has 0 amide bonds. The lowest BCUT2D eigenvalue weighted by Gasteiger charge is -2.29. The Morgan fingerprint density at radius 1 is 0.240 bits per heavy atom. The summed E-state index contributed by atoms with van der Waals surface area (Å²) in [7, 11) is 0. The molecule has 0 aliphatic rings. The fourth-order valence-electron chi connectivity index (χ4n) is 7.25. The van der Waals surface area contributed by atoms with Gasteiger partial charge in [0.05, 0.1) is 17.1 Å². The Labute approximate surface area is 292 Å². The van der Waals surface area contributed by atoms with Gasteiger partial charge in [-0.1, -0.05) is 140 Å². The van der Waals surface area contributed by atoms with Gasteiger partial charge in [0.2, 0.25) is 0 Å². The second-order valence-corrected chi connectivity index (χ2v) is 12.6. The number of fused-ring (bicyclic) bond motifs is 3. The van der Waals surface area contributed by atoms with Crippen molar-refractivity contribution >= 4 is 66.4 Å². The zero-order valence-electron chi connectivity index (χ0n) is 27.5. The molecule has 2 heteroatoms. The minimum Gasteiger partial charge on any atom is -0.310 e. The Bertz CT molecular complexity index is 2550. The molecule has 0 aliphatic carbocycles. The van der Waals surface area contributed by atoms with Crippen molar-refractivity contribution in [3.05, 3.63) is 206 Å². The highest BCUT2D eigenvalue weighted by atomic mass is 15.1. The van der Waals surface area contributed by atoms with E-state index in [9.17, 15) is 0 Å². The largest absolute Gasteiger partial charge is 0.310 e. The molecule has 0 fully saturated rings. The highest BCUT2D eigenvalue weighted by Gasteiger charge is 2.20. The summed E-state index contributed by atoms with van der Waals surface area (Å²) in [5, 5.41) is 7.24. The van der Waals surface area contributed by atoms with E-state index >= 15 is 0 Å². The van der Waals surface area contributed by atoms with E-state index in [2.05, 4.69) is 216 Å². The SMILES string of the molecule is c1ccc(N(c2ccccc2)c2cccc3cc(-c4cc(N(c5ccccc5)c5cccc6ccccc56)c5ccccc5c4)ccc23)cc1. The lowest BCUT2D eigenvalue weighted by Crippen LogP contribution is -2.11. The van der Waals surface area contributed by atoms with Gasteiger partial charge >= 0.3 is 0 Å². The van der Waals surface area contributed by atoms with E-state index in [0.29, 0.717) is 0 Å². The second-order valence-electron chi connectivity index (χ2n) is 12.6. The van der Waals surface area contributed by atoms with E-state index in [0.717, 1.165) is 34.1 Å². The first-order valence-corrected chi connectivity index (χ1v) is 17.1. The summed E-state index contributed by atoms with van der Waals surface area (Å²) in [6.45, 7) is 0. The van der Waals surface area contributed by atoms with Crippen LogP contribution in [0, 0.1) is 0 Å². The van der Waals surface area contributed by atoms with Crippen LogP contribution in [0.15, 0.2) is 206 Å². The maximum absolute atomic E-state index is 2.42. The molecular formula is C48H34N2. The summed E-state index contributed by atoms with van der Waals surface area (Å²) in [4.78, 5) is 4.77. The van der Waals surface area contributed by atoms with Gasteiger partial charge in [0, 0.05) is 33.2 Å². The first kappa shape index (κ1) is 29.5. The van der Waals surface area contributed by atoms with Crippen molar-refractivity contribution in [2.24, 2.45) is 0 Å². The maximum atomic E-state index is 2.42. The van der Waals surface area contributed by atoms with Gasteiger partial charge in [-0.25, -0.2) is 0 Å². The van der Waals surface area contributed by atoms with Gasteiger partial charge in [0.15, 0.2) is 0 Å². The Morgan fingerprint density at radius 2 is 0.660 bits per heavy atom. The van der Waals surface area contributed by atoms with E-state index in [4.69, 9.17) is 0 Å². The van der Waals surface area contributed by atoms with Crippen LogP contribution >= 0.6 is 0 Å². The number of hydrogen-bond donors (Lipinski definition) is 0. The monoisotopic (exact) mass is 638 g/mol. The van der Waals surface area contributed by atoms with Gasteiger partial charge in [-0.3, -0.25) is 0 Å². The van der Waals surface area contributed by atoms with Gasteiger partial charge in [-0.2, -0.15) is 0 Å². The van der Waals surface area contributed by atoms with Crippen LogP contribution in [-0.4, -0.2) is 0 Å². The summed E-state index contributed by atoms with van der Waals surface area (Å²) in [6, 6.07) is 74.1. The zero-order valence-corrected chi connectivity index (χ0v) is 27.5. The zero-order chi connectivity index (χ0) is 33.3. The fraction of sp³-hybridized carbons (Fsp3) is 0. The van der Waals surface area contributed by atoms with E-state index in [-0.39, 0.29) is 0 Å². The van der Waals surface area contributed by atoms with Gasteiger partial charge in [-0.05, 0) is 94.0 Å². The molecule has 9 aromatic rings. The van der Waals surface area contributed by atoms with E-state index in [1.165, 1.54) is 43.4 Å². The van der Waals surface area contributed by atoms with Crippen molar-refractivity contribution in [2.45, 2.75) is 0 Å². The molecule has 0 bridgehead atoms. The molecule has 9 aromatic carbocycles. The summed E-state index contributed by atoms with van der Waals surface area (Å²) in [6.07, 6.45) is 0. The van der Waals surface area contributed by atoms with Crippen LogP contribution in [0.4, 0.5) is 34.1 Å². The minimum atomic E-state index is 1.12. The molecule has 0 aromatic heterocycles. The fourth-order valence-corrected chi connectivity index (χ4v) is 7.25. The predicted octanol–water partition coefficient (Wildman–Crippen LogP) is 13.8. The summed E-state index contributed by atoms with van der Waals surface area (Å²) < 4.78 is 0. The molecule has 9 rings (SSSR count). The van der Waals surface area contributed by atoms with Crippen molar-refractivity contribution in [1.29, 1.82) is 0 Å². The lowest BCUT2D eigenvalue weighted by molar-refractivity contribution is 1.30. The summed E-state index contributed by atoms with van der Waals surface area (Å²) in [5.41, 5.74) is 9.19. The van der Waals surface area contributed by atoms with Crippen LogP contribution in [0.2, 0.25) is 0 Å².